The zero-order chi connectivity index (χ0) is 39.1. The Morgan fingerprint density at radius 3 is 1.39 bits per heavy atom. The molecule has 0 aliphatic carbocycles. The number of fused-ring (bicyclic) bond motifs is 5. The van der Waals surface area contributed by atoms with Crippen molar-refractivity contribution in [2.45, 2.75) is 0 Å². The molecular weight excluding hydrogens is 737 g/mol. The summed E-state index contributed by atoms with van der Waals surface area (Å²) in [6, 6.07) is 72.0. The summed E-state index contributed by atoms with van der Waals surface area (Å²) in [4.78, 5) is 20.7. The molecule has 0 amide bonds. The van der Waals surface area contributed by atoms with E-state index in [1.165, 1.54) is 30.9 Å². The van der Waals surface area contributed by atoms with Crippen LogP contribution < -0.4 is 0 Å². The molecule has 5 heteroatoms. The summed E-state index contributed by atoms with van der Waals surface area (Å²) in [5, 5.41) is 4.89. The van der Waals surface area contributed by atoms with Crippen LogP contribution in [0.5, 0.6) is 0 Å². The first-order valence-electron chi connectivity index (χ1n) is 19.7. The number of benzene rings is 8. The predicted octanol–water partition coefficient (Wildman–Crippen LogP) is 14.5. The minimum Gasteiger partial charge on any atom is -0.228 e. The van der Waals surface area contributed by atoms with Gasteiger partial charge in [0.05, 0.1) is 22.8 Å². The Labute approximate surface area is 345 Å². The first kappa shape index (κ1) is 34.6. The minimum absolute atomic E-state index is 0.697. The molecule has 0 N–H and O–H groups in total. The molecule has 3 aromatic heterocycles. The van der Waals surface area contributed by atoms with E-state index in [-0.39, 0.29) is 0 Å². The molecule has 0 saturated heterocycles. The van der Waals surface area contributed by atoms with Crippen LogP contribution >= 0.6 is 11.3 Å². The highest BCUT2D eigenvalue weighted by Crippen LogP contribution is 2.42. The van der Waals surface area contributed by atoms with Gasteiger partial charge in [0, 0.05) is 58.9 Å². The molecule has 0 saturated carbocycles. The van der Waals surface area contributed by atoms with Gasteiger partial charge in [-0.1, -0.05) is 176 Å². The third kappa shape index (κ3) is 6.54. The molecule has 0 bridgehead atoms. The molecule has 0 spiro atoms. The third-order valence-corrected chi connectivity index (χ3v) is 12.1. The van der Waals surface area contributed by atoms with Gasteiger partial charge in [-0.15, -0.1) is 11.3 Å². The number of aromatic nitrogens is 4. The van der Waals surface area contributed by atoms with Crippen molar-refractivity contribution in [2.24, 2.45) is 0 Å². The Balaban J connectivity index is 1.04. The van der Waals surface area contributed by atoms with E-state index in [2.05, 4.69) is 164 Å². The summed E-state index contributed by atoms with van der Waals surface area (Å²) >= 11 is 1.84. The van der Waals surface area contributed by atoms with Crippen molar-refractivity contribution in [2.75, 3.05) is 0 Å². The van der Waals surface area contributed by atoms with E-state index in [0.29, 0.717) is 11.6 Å². The number of hydrogen-bond acceptors (Lipinski definition) is 5. The summed E-state index contributed by atoms with van der Waals surface area (Å²) in [6.45, 7) is 0. The SMILES string of the molecule is c1ccc(-c2cc(-c3cccc(-c4cccc(-c5cc(-c6ccccc6)nc(-c6cccc7ccc8c9ccccc9sc8c67)n5)c4)c3)nc(-c3ccccc3)n2)cc1. The monoisotopic (exact) mass is 770 g/mol. The van der Waals surface area contributed by atoms with Crippen molar-refractivity contribution in [1.82, 2.24) is 19.9 Å². The molecule has 11 aromatic rings. The maximum atomic E-state index is 5.36. The molecule has 0 atom stereocenters. The van der Waals surface area contributed by atoms with Gasteiger partial charge in [-0.05, 0) is 46.8 Å². The largest absolute Gasteiger partial charge is 0.228 e. The lowest BCUT2D eigenvalue weighted by molar-refractivity contribution is 1.18. The summed E-state index contributed by atoms with van der Waals surface area (Å²) in [5.74, 6) is 1.40. The molecule has 0 aliphatic heterocycles. The molecule has 0 unspecified atom stereocenters. The van der Waals surface area contributed by atoms with Crippen LogP contribution in [0.4, 0.5) is 0 Å². The Morgan fingerprint density at radius 2 is 0.780 bits per heavy atom. The highest BCUT2D eigenvalue weighted by Gasteiger charge is 2.18. The molecule has 0 aliphatic rings. The van der Waals surface area contributed by atoms with E-state index in [1.807, 2.05) is 53.8 Å². The maximum Gasteiger partial charge on any atom is 0.161 e. The van der Waals surface area contributed by atoms with Crippen molar-refractivity contribution in [1.29, 1.82) is 0 Å². The standard InChI is InChI=1S/C54H34N4S/c1-4-15-35(16-5-1)46-33-48(56-53(55-46)38-19-8-3-9-20-38)41-24-12-22-39(31-41)40-23-13-25-42(32-40)49-34-47(36-17-6-2-7-18-36)57-54(58-49)45-27-14-21-37-29-30-44-43-26-10-11-28-50(43)59-52(44)51(37)45/h1-34H. The third-order valence-electron chi connectivity index (χ3n) is 10.9. The molecule has 0 radical (unpaired) electrons. The van der Waals surface area contributed by atoms with Crippen LogP contribution in [0.3, 0.4) is 0 Å². The highest BCUT2D eigenvalue weighted by atomic mass is 32.1. The van der Waals surface area contributed by atoms with Crippen LogP contribution in [0.2, 0.25) is 0 Å². The molecule has 11 rings (SSSR count). The van der Waals surface area contributed by atoms with E-state index < -0.39 is 0 Å². The van der Waals surface area contributed by atoms with Gasteiger partial charge in [0.15, 0.2) is 11.6 Å². The normalized spacial score (nSPS) is 11.4. The molecular formula is C54H34N4S. The van der Waals surface area contributed by atoms with Gasteiger partial charge in [-0.3, -0.25) is 0 Å². The van der Waals surface area contributed by atoms with Gasteiger partial charge < -0.3 is 0 Å². The van der Waals surface area contributed by atoms with Gasteiger partial charge in [0.1, 0.15) is 0 Å². The van der Waals surface area contributed by atoms with E-state index in [4.69, 9.17) is 19.9 Å². The molecule has 4 nitrogen and oxygen atoms in total. The Bertz CT molecular complexity index is 3270. The quantitative estimate of drug-likeness (QED) is 0.162. The van der Waals surface area contributed by atoms with Gasteiger partial charge >= 0.3 is 0 Å². The minimum atomic E-state index is 0.697. The molecule has 59 heavy (non-hydrogen) atoms. The van der Waals surface area contributed by atoms with Gasteiger partial charge in [0.25, 0.3) is 0 Å². The number of rotatable bonds is 7. The van der Waals surface area contributed by atoms with Crippen LogP contribution in [0, 0.1) is 0 Å². The highest BCUT2D eigenvalue weighted by molar-refractivity contribution is 7.26. The second-order valence-corrected chi connectivity index (χ2v) is 15.7. The molecule has 0 fully saturated rings. The second-order valence-electron chi connectivity index (χ2n) is 14.6. The van der Waals surface area contributed by atoms with Crippen LogP contribution in [-0.4, -0.2) is 19.9 Å². The van der Waals surface area contributed by atoms with Gasteiger partial charge in [0.2, 0.25) is 0 Å². The Kier molecular flexibility index (Phi) is 8.64. The average Bonchev–Trinajstić information content (AvgIpc) is 3.71. The van der Waals surface area contributed by atoms with Crippen LogP contribution in [-0.2, 0) is 0 Å². The Morgan fingerprint density at radius 1 is 0.305 bits per heavy atom. The van der Waals surface area contributed by atoms with E-state index in [1.54, 1.807) is 0 Å². The number of thiophene rings is 1. The van der Waals surface area contributed by atoms with Crippen LogP contribution in [0.25, 0.3) is 110 Å². The van der Waals surface area contributed by atoms with Crippen molar-refractivity contribution in [3.8, 4) is 78.9 Å². The fourth-order valence-electron chi connectivity index (χ4n) is 8.00. The summed E-state index contributed by atoms with van der Waals surface area (Å²) in [5.41, 5.74) is 11.8. The average molecular weight is 771 g/mol. The molecule has 8 aromatic carbocycles. The van der Waals surface area contributed by atoms with Crippen molar-refractivity contribution in [3.63, 3.8) is 0 Å². The summed E-state index contributed by atoms with van der Waals surface area (Å²) in [7, 11) is 0. The smallest absolute Gasteiger partial charge is 0.161 e. The van der Waals surface area contributed by atoms with E-state index in [9.17, 15) is 0 Å². The zero-order valence-corrected chi connectivity index (χ0v) is 32.6. The second kappa shape index (κ2) is 14.7. The first-order valence-corrected chi connectivity index (χ1v) is 20.5. The van der Waals surface area contributed by atoms with Crippen molar-refractivity contribution in [3.05, 3.63) is 206 Å². The lowest BCUT2D eigenvalue weighted by Gasteiger charge is -2.13. The molecule has 276 valence electrons. The maximum absolute atomic E-state index is 5.36. The van der Waals surface area contributed by atoms with Crippen molar-refractivity contribution < 1.29 is 0 Å². The summed E-state index contributed by atoms with van der Waals surface area (Å²) < 4.78 is 2.53. The zero-order valence-electron chi connectivity index (χ0n) is 31.8. The van der Waals surface area contributed by atoms with Crippen molar-refractivity contribution >= 4 is 42.3 Å². The van der Waals surface area contributed by atoms with Crippen LogP contribution in [0.1, 0.15) is 0 Å². The number of hydrogen-bond donors (Lipinski definition) is 0. The predicted molar refractivity (Wildman–Crippen MR) is 246 cm³/mol. The topological polar surface area (TPSA) is 51.6 Å². The number of nitrogens with zero attached hydrogens (tertiary/aromatic N) is 4. The van der Waals surface area contributed by atoms with E-state index >= 15 is 0 Å². The fourth-order valence-corrected chi connectivity index (χ4v) is 9.27. The Hall–Kier alpha value is -7.60. The summed E-state index contributed by atoms with van der Waals surface area (Å²) in [6.07, 6.45) is 0. The lowest BCUT2D eigenvalue weighted by Crippen LogP contribution is -1.97. The fraction of sp³-hybridized carbons (Fsp3) is 0. The van der Waals surface area contributed by atoms with Gasteiger partial charge in [-0.2, -0.15) is 0 Å². The van der Waals surface area contributed by atoms with Gasteiger partial charge in [-0.25, -0.2) is 19.9 Å². The van der Waals surface area contributed by atoms with Crippen LogP contribution in [0.15, 0.2) is 206 Å². The first-order chi connectivity index (χ1) is 29.2. The lowest BCUT2D eigenvalue weighted by atomic mass is 9.97. The molecule has 3 heterocycles. The van der Waals surface area contributed by atoms with E-state index in [0.717, 1.165) is 67.3 Å².